The number of fused-ring (bicyclic) bond motifs is 2. The summed E-state index contributed by atoms with van der Waals surface area (Å²) in [6, 6.07) is 76.7. The van der Waals surface area contributed by atoms with Crippen LogP contribution in [0.2, 0.25) is 0 Å². The maximum Gasteiger partial charge on any atom is -0.0184 e. The standard InChI is InChI=1S/C10H18.C10H8.5C6H12.5C6H6.18C3H8.2C2H6.8CH4/c2*1-2-6-10-8-4-3-7-9(10)5-1;10*1-2-4-6-5-3-1;18*1-3-2;2*1-2;;;;;;;;/h9-10H,1-8H2;1-8H;5*1-6H2;5*1-6H;18*3H2,1-2H3;2*1-2H3;8*1H4. The van der Waals surface area contributed by atoms with Gasteiger partial charge in [0.15, 0.2) is 0 Å². The predicted octanol–water partition coefficient (Wildman–Crippen LogP) is 59.0. The van der Waals surface area contributed by atoms with Crippen LogP contribution >= 0.6 is 0 Å². The Morgan fingerprint density at radius 1 is 0.110 bits per heavy atom. The van der Waals surface area contributed by atoms with E-state index in [1.165, 1.54) is 345 Å². The topological polar surface area (TPSA) is 0 Å². The van der Waals surface area contributed by atoms with Crippen molar-refractivity contribution in [3.05, 3.63) is 231 Å². The Morgan fingerprint density at radius 3 is 0.219 bits per heavy atom. The lowest BCUT2D eigenvalue weighted by Gasteiger charge is -2.35. The van der Waals surface area contributed by atoms with Gasteiger partial charge in [-0.05, 0) is 22.6 Å². The second-order valence-corrected chi connectivity index (χ2v) is 35.5. The minimum Gasteiger partial charge on any atom is -0.0776 e. The third-order valence-electron chi connectivity index (χ3n) is 16.0. The van der Waals surface area contributed by atoms with Crippen LogP contribution in [0.1, 0.15) is 696 Å². The summed E-state index contributed by atoms with van der Waals surface area (Å²) in [5.41, 5.74) is 0. The molecular formula is C146H304. The first-order valence-corrected chi connectivity index (χ1v) is 60.8. The van der Waals surface area contributed by atoms with E-state index < -0.39 is 0 Å². The van der Waals surface area contributed by atoms with Gasteiger partial charge in [-0.3, -0.25) is 0 Å². The molecule has 7 saturated carbocycles. The van der Waals surface area contributed by atoms with E-state index in [1.54, 1.807) is 25.7 Å². The Hall–Kier alpha value is -5.20. The zero-order chi connectivity index (χ0) is 109. The maximum atomic E-state index is 2.12. The molecule has 7 aliphatic rings. The molecule has 14 rings (SSSR count). The fraction of sp³-hybridized carbons (Fsp3) is 0.726. The minimum absolute atomic E-state index is 0. The van der Waals surface area contributed by atoms with Crippen LogP contribution < -0.4 is 0 Å². The van der Waals surface area contributed by atoms with Crippen molar-refractivity contribution in [1.82, 2.24) is 0 Å². The van der Waals surface area contributed by atoms with Gasteiger partial charge in [-0.2, -0.15) is 0 Å². The van der Waals surface area contributed by atoms with Gasteiger partial charge in [-0.1, -0.05) is 926 Å². The summed E-state index contributed by atoms with van der Waals surface area (Å²) in [5, 5.41) is 2.62. The molecule has 0 N–H and O–H groups in total. The third kappa shape index (κ3) is 320. The van der Waals surface area contributed by atoms with Crippen molar-refractivity contribution in [2.45, 2.75) is 696 Å². The van der Waals surface area contributed by atoms with Gasteiger partial charge in [0.25, 0.3) is 0 Å². The molecule has 0 spiro atoms. The van der Waals surface area contributed by atoms with E-state index in [2.05, 4.69) is 298 Å². The Balaban J connectivity index is -0.0000000428. The smallest absolute Gasteiger partial charge is 0.0184 e. The lowest BCUT2D eigenvalue weighted by atomic mass is 9.71. The molecule has 146 heavy (non-hydrogen) atoms. The van der Waals surface area contributed by atoms with E-state index in [0.717, 1.165) is 11.8 Å². The first kappa shape index (κ1) is 209. The second-order valence-electron chi connectivity index (χ2n) is 35.5. The second kappa shape index (κ2) is 265. The van der Waals surface area contributed by atoms with E-state index >= 15 is 0 Å². The van der Waals surface area contributed by atoms with Crippen LogP contribution in [0.3, 0.4) is 0 Å². The highest BCUT2D eigenvalue weighted by Gasteiger charge is 2.27. The average molecular weight is 2060 g/mol. The normalized spacial score (nSPS) is 12.4. The molecule has 0 radical (unpaired) electrons. The van der Waals surface area contributed by atoms with Gasteiger partial charge < -0.3 is 0 Å². The van der Waals surface area contributed by atoms with E-state index in [0.29, 0.717) is 0 Å². The maximum absolute atomic E-state index is 2.12. The van der Waals surface area contributed by atoms with Crippen molar-refractivity contribution in [2.24, 2.45) is 11.8 Å². The van der Waals surface area contributed by atoms with Crippen LogP contribution in [-0.4, -0.2) is 0 Å². The van der Waals surface area contributed by atoms with Crippen LogP contribution in [0.15, 0.2) is 231 Å². The Kier molecular flexibility index (Phi) is 379. The zero-order valence-electron chi connectivity index (χ0n) is 104. The van der Waals surface area contributed by atoms with E-state index in [9.17, 15) is 0 Å². The number of rotatable bonds is 0. The molecule has 7 aromatic rings. The van der Waals surface area contributed by atoms with Crippen molar-refractivity contribution in [2.75, 3.05) is 0 Å². The molecule has 0 aliphatic heterocycles. The molecule has 0 nitrogen and oxygen atoms in total. The molecular weight excluding hydrogens is 1750 g/mol. The molecule has 0 unspecified atom stereocenters. The molecule has 0 heterocycles. The number of hydrogen-bond acceptors (Lipinski definition) is 0. The van der Waals surface area contributed by atoms with Crippen LogP contribution in [0.25, 0.3) is 10.8 Å². The third-order valence-corrected chi connectivity index (χ3v) is 16.0. The summed E-state index contributed by atoms with van der Waals surface area (Å²) in [4.78, 5) is 0. The van der Waals surface area contributed by atoms with Crippen LogP contribution in [0.4, 0.5) is 0 Å². The van der Waals surface area contributed by atoms with E-state index in [1.807, 2.05) is 210 Å². The molecule has 0 saturated heterocycles. The molecule has 7 fully saturated rings. The van der Waals surface area contributed by atoms with Crippen molar-refractivity contribution >= 4 is 10.8 Å². The fourth-order valence-corrected chi connectivity index (χ4v) is 11.2. The summed E-state index contributed by atoms with van der Waals surface area (Å²) in [7, 11) is 0. The molecule has 888 valence electrons. The fourth-order valence-electron chi connectivity index (χ4n) is 11.2. The van der Waals surface area contributed by atoms with E-state index in [-0.39, 0.29) is 59.4 Å². The summed E-state index contributed by atoms with van der Waals surface area (Å²) in [6.45, 7) is 84.5. The lowest BCUT2D eigenvalue weighted by Crippen LogP contribution is -2.22. The minimum atomic E-state index is 0. The van der Waals surface area contributed by atoms with Gasteiger partial charge >= 0.3 is 0 Å². The van der Waals surface area contributed by atoms with Crippen molar-refractivity contribution < 1.29 is 0 Å². The number of benzene rings is 7. The highest BCUT2D eigenvalue weighted by molar-refractivity contribution is 5.82. The summed E-state index contributed by atoms with van der Waals surface area (Å²) < 4.78 is 0. The first-order chi connectivity index (χ1) is 67.4. The first-order valence-electron chi connectivity index (χ1n) is 60.8. The zero-order valence-corrected chi connectivity index (χ0v) is 104. The number of hydrogen-bond donors (Lipinski definition) is 0. The Labute approximate surface area is 942 Å². The van der Waals surface area contributed by atoms with Crippen molar-refractivity contribution in [3.63, 3.8) is 0 Å². The molecule has 7 aliphatic carbocycles. The lowest BCUT2D eigenvalue weighted by molar-refractivity contribution is 0.171. The quantitative estimate of drug-likeness (QED) is 0.142. The Morgan fingerprint density at radius 2 is 0.164 bits per heavy atom. The SMILES string of the molecule is C.C.C.C.C.C.C.C.C1CCC2CCCCC2C1.C1CCCCC1.C1CCCCC1.C1CCCCC1.C1CCCCC1.C1CCCCC1.CC.CC.CCC.CCC.CCC.CCC.CCC.CCC.CCC.CCC.CCC.CCC.CCC.CCC.CCC.CCC.CCC.CCC.CCC.CCC.c1ccc2ccccc2c1.c1ccccc1.c1ccccc1.c1ccccc1.c1ccccc1.c1ccccc1. The van der Waals surface area contributed by atoms with Gasteiger partial charge in [-0.25, -0.2) is 0 Å². The van der Waals surface area contributed by atoms with Gasteiger partial charge in [0, 0.05) is 0 Å². The summed E-state index contributed by atoms with van der Waals surface area (Å²) in [6.07, 6.45) is 79.9. The summed E-state index contributed by atoms with van der Waals surface area (Å²) >= 11 is 0. The van der Waals surface area contributed by atoms with Crippen LogP contribution in [0.5, 0.6) is 0 Å². The van der Waals surface area contributed by atoms with Gasteiger partial charge in [0.1, 0.15) is 0 Å². The largest absolute Gasteiger partial charge is 0.0776 e. The van der Waals surface area contributed by atoms with Crippen LogP contribution in [-0.2, 0) is 0 Å². The molecule has 0 atom stereocenters. The van der Waals surface area contributed by atoms with Crippen molar-refractivity contribution in [1.29, 1.82) is 0 Å². The Bertz CT molecular complexity index is 1840. The molecule has 0 bridgehead atoms. The summed E-state index contributed by atoms with van der Waals surface area (Å²) in [5.74, 6) is 2.31. The van der Waals surface area contributed by atoms with Crippen LogP contribution in [0, 0.1) is 11.8 Å². The molecule has 0 aromatic heterocycles. The molecule has 7 aromatic carbocycles. The van der Waals surface area contributed by atoms with Gasteiger partial charge in [0.05, 0.1) is 0 Å². The predicted molar refractivity (Wildman–Crippen MR) is 722 cm³/mol. The molecule has 0 amide bonds. The highest BCUT2D eigenvalue weighted by Crippen LogP contribution is 2.40. The monoisotopic (exact) mass is 2060 g/mol. The van der Waals surface area contributed by atoms with Crippen molar-refractivity contribution in [3.8, 4) is 0 Å². The molecule has 0 heteroatoms. The average Bonchev–Trinajstić information content (AvgIpc) is 0.877. The highest BCUT2D eigenvalue weighted by atomic mass is 14.3. The van der Waals surface area contributed by atoms with Gasteiger partial charge in [-0.15, -0.1) is 0 Å². The van der Waals surface area contributed by atoms with E-state index in [4.69, 9.17) is 0 Å². The van der Waals surface area contributed by atoms with Gasteiger partial charge in [0.2, 0.25) is 0 Å².